The summed E-state index contributed by atoms with van der Waals surface area (Å²) in [5.74, 6) is 1.14. The molecular weight excluding hydrogens is 344 g/mol. The summed E-state index contributed by atoms with van der Waals surface area (Å²) < 4.78 is 6.64. The fourth-order valence-corrected chi connectivity index (χ4v) is 2.55. The maximum atomic E-state index is 11.5. The van der Waals surface area contributed by atoms with Crippen LogP contribution in [-0.2, 0) is 17.8 Å². The van der Waals surface area contributed by atoms with Gasteiger partial charge in [0.05, 0.1) is 25.8 Å². The molecule has 0 saturated heterocycles. The second-order valence-corrected chi connectivity index (χ2v) is 5.78. The lowest BCUT2D eigenvalue weighted by atomic mass is 10.1. The maximum absolute atomic E-state index is 11.5. The van der Waals surface area contributed by atoms with Crippen molar-refractivity contribution in [2.24, 2.45) is 4.99 Å². The summed E-state index contributed by atoms with van der Waals surface area (Å²) in [6.45, 7) is 3.73. The third-order valence-electron chi connectivity index (χ3n) is 3.94. The average molecular weight is 366 g/mol. The molecule has 2 heterocycles. The van der Waals surface area contributed by atoms with E-state index in [2.05, 4.69) is 25.8 Å². The van der Waals surface area contributed by atoms with Gasteiger partial charge in [-0.05, 0) is 36.8 Å². The molecule has 0 bridgehead atoms. The van der Waals surface area contributed by atoms with Gasteiger partial charge in [-0.2, -0.15) is 0 Å². The number of carbonyl (C=O) groups is 1. The van der Waals surface area contributed by atoms with Crippen molar-refractivity contribution < 1.29 is 9.53 Å². The molecule has 2 N–H and O–H groups in total. The number of pyridine rings is 1. The molecule has 1 aromatic carbocycles. The summed E-state index contributed by atoms with van der Waals surface area (Å²) in [7, 11) is 1.37. The van der Waals surface area contributed by atoms with E-state index >= 15 is 0 Å². The van der Waals surface area contributed by atoms with Crippen LogP contribution in [0, 0.1) is 0 Å². The van der Waals surface area contributed by atoms with Gasteiger partial charge in [0.1, 0.15) is 0 Å². The molecule has 0 saturated carbocycles. The zero-order chi connectivity index (χ0) is 19.1. The highest BCUT2D eigenvalue weighted by molar-refractivity contribution is 5.89. The Labute approximate surface area is 157 Å². The number of nitrogens with one attached hydrogen (secondary N) is 2. The van der Waals surface area contributed by atoms with Gasteiger partial charge in [0, 0.05) is 12.7 Å². The first-order valence-electron chi connectivity index (χ1n) is 8.69. The van der Waals surface area contributed by atoms with Crippen LogP contribution in [-0.4, -0.2) is 40.2 Å². The molecule has 0 fully saturated rings. The molecule has 2 aromatic heterocycles. The molecule has 3 rings (SSSR count). The fraction of sp³-hybridized carbons (Fsp3) is 0.263. The quantitative estimate of drug-likeness (QED) is 0.392. The van der Waals surface area contributed by atoms with Gasteiger partial charge < -0.3 is 15.4 Å². The maximum Gasteiger partial charge on any atom is 0.337 e. The monoisotopic (exact) mass is 366 g/mol. The molecule has 0 radical (unpaired) electrons. The Bertz CT molecular complexity index is 933. The molecule has 8 heteroatoms. The number of hydrogen-bond donors (Lipinski definition) is 2. The topological polar surface area (TPSA) is 92.9 Å². The van der Waals surface area contributed by atoms with Crippen molar-refractivity contribution in [2.75, 3.05) is 13.7 Å². The van der Waals surface area contributed by atoms with Gasteiger partial charge in [0.15, 0.2) is 17.4 Å². The van der Waals surface area contributed by atoms with Crippen LogP contribution in [0.4, 0.5) is 0 Å². The van der Waals surface area contributed by atoms with Crippen LogP contribution >= 0.6 is 0 Å². The number of methoxy groups -OCH3 is 1. The second kappa shape index (κ2) is 8.79. The largest absolute Gasteiger partial charge is 0.465 e. The smallest absolute Gasteiger partial charge is 0.337 e. The van der Waals surface area contributed by atoms with Gasteiger partial charge in [-0.25, -0.2) is 9.79 Å². The summed E-state index contributed by atoms with van der Waals surface area (Å²) >= 11 is 0. The molecule has 140 valence electrons. The van der Waals surface area contributed by atoms with E-state index in [1.54, 1.807) is 12.1 Å². The lowest BCUT2D eigenvalue weighted by molar-refractivity contribution is 0.0600. The molecular formula is C19H22N6O2. The van der Waals surface area contributed by atoms with Gasteiger partial charge >= 0.3 is 5.97 Å². The number of aromatic nitrogens is 3. The van der Waals surface area contributed by atoms with Crippen LogP contribution in [0.3, 0.4) is 0 Å². The average Bonchev–Trinajstić information content (AvgIpc) is 3.13. The van der Waals surface area contributed by atoms with E-state index in [4.69, 9.17) is 4.74 Å². The van der Waals surface area contributed by atoms with Gasteiger partial charge in [-0.1, -0.05) is 18.2 Å². The molecule has 0 atom stereocenters. The summed E-state index contributed by atoms with van der Waals surface area (Å²) in [5, 5.41) is 14.8. The van der Waals surface area contributed by atoms with E-state index in [0.717, 1.165) is 23.6 Å². The van der Waals surface area contributed by atoms with E-state index in [0.29, 0.717) is 24.6 Å². The van der Waals surface area contributed by atoms with E-state index in [1.165, 1.54) is 7.11 Å². The van der Waals surface area contributed by atoms with Crippen molar-refractivity contribution in [2.45, 2.75) is 20.0 Å². The van der Waals surface area contributed by atoms with Crippen LogP contribution < -0.4 is 10.6 Å². The van der Waals surface area contributed by atoms with E-state index in [-0.39, 0.29) is 5.97 Å². The second-order valence-electron chi connectivity index (χ2n) is 5.78. The molecule has 0 spiro atoms. The first-order chi connectivity index (χ1) is 13.2. The number of fused-ring (bicyclic) bond motifs is 1. The fourth-order valence-electron chi connectivity index (χ4n) is 2.55. The third-order valence-corrected chi connectivity index (χ3v) is 3.94. The highest BCUT2D eigenvalue weighted by Gasteiger charge is 2.06. The van der Waals surface area contributed by atoms with Gasteiger partial charge in [0.25, 0.3) is 0 Å². The number of nitrogens with zero attached hydrogens (tertiary/aromatic N) is 4. The Kier molecular flexibility index (Phi) is 5.98. The summed E-state index contributed by atoms with van der Waals surface area (Å²) in [5.41, 5.74) is 2.32. The minimum atomic E-state index is -0.347. The minimum absolute atomic E-state index is 0.347. The van der Waals surface area contributed by atoms with Crippen LogP contribution in [0.1, 0.15) is 28.7 Å². The molecule has 8 nitrogen and oxygen atoms in total. The Hall–Kier alpha value is -3.42. The SMILES string of the molecule is CCNC(=NCc1ccc(C(=O)OC)cc1)NCc1nnc2ccccn12. The number of aliphatic imine (C=N–C) groups is 1. The molecule has 27 heavy (non-hydrogen) atoms. The summed E-state index contributed by atoms with van der Waals surface area (Å²) in [6.07, 6.45) is 1.93. The molecule has 0 amide bonds. The van der Waals surface area contributed by atoms with Crippen LogP contribution in [0.15, 0.2) is 53.7 Å². The van der Waals surface area contributed by atoms with Crippen molar-refractivity contribution in [1.82, 2.24) is 25.2 Å². The Morgan fingerprint density at radius 2 is 1.96 bits per heavy atom. The summed E-state index contributed by atoms with van der Waals surface area (Å²) in [4.78, 5) is 16.1. The minimum Gasteiger partial charge on any atom is -0.465 e. The van der Waals surface area contributed by atoms with E-state index < -0.39 is 0 Å². The number of esters is 1. The van der Waals surface area contributed by atoms with Crippen molar-refractivity contribution in [3.05, 3.63) is 65.6 Å². The zero-order valence-corrected chi connectivity index (χ0v) is 15.3. The van der Waals surface area contributed by atoms with E-state index in [1.807, 2.05) is 47.9 Å². The standard InChI is InChI=1S/C19H22N6O2/c1-3-20-19(21-12-14-7-9-15(10-8-14)18(26)27-2)22-13-17-24-23-16-6-4-5-11-25(16)17/h4-11H,3,12-13H2,1-2H3,(H2,20,21,22). The van der Waals surface area contributed by atoms with Gasteiger partial charge in [0.2, 0.25) is 0 Å². The lowest BCUT2D eigenvalue weighted by Crippen LogP contribution is -2.37. The molecule has 0 aliphatic heterocycles. The van der Waals surface area contributed by atoms with Crippen LogP contribution in [0.2, 0.25) is 0 Å². The zero-order valence-electron chi connectivity index (χ0n) is 15.3. The lowest BCUT2D eigenvalue weighted by Gasteiger charge is -2.10. The third kappa shape index (κ3) is 4.60. The number of rotatable bonds is 6. The van der Waals surface area contributed by atoms with Gasteiger partial charge in [-0.15, -0.1) is 10.2 Å². The van der Waals surface area contributed by atoms with Crippen molar-refractivity contribution >= 4 is 17.6 Å². The van der Waals surface area contributed by atoms with E-state index in [9.17, 15) is 4.79 Å². The van der Waals surface area contributed by atoms with Crippen LogP contribution in [0.25, 0.3) is 5.65 Å². The number of ether oxygens (including phenoxy) is 1. The Balaban J connectivity index is 1.65. The van der Waals surface area contributed by atoms with Crippen molar-refractivity contribution in [3.63, 3.8) is 0 Å². The highest BCUT2D eigenvalue weighted by Crippen LogP contribution is 2.07. The highest BCUT2D eigenvalue weighted by atomic mass is 16.5. The number of hydrogen-bond acceptors (Lipinski definition) is 5. The molecule has 3 aromatic rings. The molecule has 0 aliphatic carbocycles. The Morgan fingerprint density at radius 3 is 2.70 bits per heavy atom. The van der Waals surface area contributed by atoms with Crippen molar-refractivity contribution in [1.29, 1.82) is 0 Å². The van der Waals surface area contributed by atoms with Crippen molar-refractivity contribution in [3.8, 4) is 0 Å². The Morgan fingerprint density at radius 1 is 1.15 bits per heavy atom. The van der Waals surface area contributed by atoms with Gasteiger partial charge in [-0.3, -0.25) is 4.40 Å². The summed E-state index contributed by atoms with van der Waals surface area (Å²) in [6, 6.07) is 13.0. The van der Waals surface area contributed by atoms with Crippen LogP contribution in [0.5, 0.6) is 0 Å². The predicted molar refractivity (Wildman–Crippen MR) is 102 cm³/mol. The first-order valence-corrected chi connectivity index (χ1v) is 8.69. The predicted octanol–water partition coefficient (Wildman–Crippen LogP) is 1.77. The molecule has 0 aliphatic rings. The number of guanidine groups is 1. The number of carbonyl (C=O) groups excluding carboxylic acids is 1. The first kappa shape index (κ1) is 18.4. The molecule has 0 unspecified atom stereocenters. The normalized spacial score (nSPS) is 11.4. The number of benzene rings is 1.